The molecule has 3 rings (SSSR count). The summed E-state index contributed by atoms with van der Waals surface area (Å²) in [6.45, 7) is 1.55. The summed E-state index contributed by atoms with van der Waals surface area (Å²) in [5.41, 5.74) is -2.56. The number of hydrogen-bond donors (Lipinski definition) is 3. The van der Waals surface area contributed by atoms with Crippen LogP contribution in [0.3, 0.4) is 0 Å². The van der Waals surface area contributed by atoms with E-state index in [0.717, 1.165) is 6.20 Å². The third-order valence-corrected chi connectivity index (χ3v) is 4.25. The maximum atomic E-state index is 13.7. The van der Waals surface area contributed by atoms with Gasteiger partial charge in [0.1, 0.15) is 29.7 Å². The quantitative estimate of drug-likeness (QED) is 0.701. The monoisotopic (exact) mass is 396 g/mol. The van der Waals surface area contributed by atoms with Gasteiger partial charge in [-0.3, -0.25) is 24.1 Å². The molecule has 0 bridgehead atoms. The molecule has 0 aliphatic carbocycles. The summed E-state index contributed by atoms with van der Waals surface area (Å²) in [5, 5.41) is 16.3. The third-order valence-electron chi connectivity index (χ3n) is 4.25. The Hall–Kier alpha value is -3.50. The Morgan fingerprint density at radius 3 is 2.50 bits per heavy atom. The topological polar surface area (TPSA) is 104 Å². The molecular weight excluding hydrogens is 381 g/mol. The fourth-order valence-corrected chi connectivity index (χ4v) is 2.78. The molecule has 2 amide bonds. The first-order chi connectivity index (χ1) is 13.2. The average molecular weight is 396 g/mol. The van der Waals surface area contributed by atoms with Crippen LogP contribution in [0.4, 0.5) is 13.2 Å². The molecule has 1 aromatic carbocycles. The Kier molecular flexibility index (Phi) is 4.99. The molecule has 0 saturated heterocycles. The molecule has 0 spiro atoms. The highest BCUT2D eigenvalue weighted by Gasteiger charge is 2.29. The van der Waals surface area contributed by atoms with Crippen LogP contribution in [-0.2, 0) is 6.54 Å². The zero-order chi connectivity index (χ0) is 20.6. The van der Waals surface area contributed by atoms with E-state index in [1.807, 2.05) is 0 Å². The van der Waals surface area contributed by atoms with Crippen molar-refractivity contribution in [3.8, 4) is 5.75 Å². The number of fused-ring (bicyclic) bond motifs is 1. The molecule has 0 fully saturated rings. The molecule has 148 valence electrons. The van der Waals surface area contributed by atoms with Crippen molar-refractivity contribution < 1.29 is 27.9 Å². The lowest BCUT2D eigenvalue weighted by atomic mass is 10.1. The Bertz CT molecular complexity index is 1010. The molecule has 0 atom stereocenters. The number of hydrogen-bond acceptors (Lipinski definition) is 5. The van der Waals surface area contributed by atoms with Gasteiger partial charge in [0.2, 0.25) is 5.43 Å². The molecule has 8 nitrogen and oxygen atoms in total. The van der Waals surface area contributed by atoms with Crippen LogP contribution < -0.4 is 21.1 Å². The van der Waals surface area contributed by atoms with Crippen molar-refractivity contribution >= 4 is 11.8 Å². The van der Waals surface area contributed by atoms with E-state index < -0.39 is 58.1 Å². The zero-order valence-electron chi connectivity index (χ0n) is 14.6. The second-order valence-corrected chi connectivity index (χ2v) is 5.93. The number of halogens is 3. The third kappa shape index (κ3) is 3.26. The molecule has 1 aliphatic heterocycles. The molecule has 0 unspecified atom stereocenters. The Morgan fingerprint density at radius 1 is 1.25 bits per heavy atom. The van der Waals surface area contributed by atoms with Gasteiger partial charge in [0.25, 0.3) is 11.8 Å². The summed E-state index contributed by atoms with van der Waals surface area (Å²) >= 11 is 0. The molecule has 2 heterocycles. The van der Waals surface area contributed by atoms with E-state index in [1.54, 1.807) is 6.92 Å². The second kappa shape index (κ2) is 7.25. The minimum Gasteiger partial charge on any atom is -0.502 e. The summed E-state index contributed by atoms with van der Waals surface area (Å²) in [6.07, 6.45) is 1.06. The first kappa shape index (κ1) is 19.3. The molecule has 0 radical (unpaired) electrons. The van der Waals surface area contributed by atoms with Crippen LogP contribution in [0.2, 0.25) is 0 Å². The number of aromatic hydroxyl groups is 1. The molecule has 0 saturated carbocycles. The van der Waals surface area contributed by atoms with Crippen molar-refractivity contribution in [1.29, 1.82) is 0 Å². The van der Waals surface area contributed by atoms with Crippen LogP contribution in [0.5, 0.6) is 5.75 Å². The number of rotatable bonds is 4. The first-order valence-electron chi connectivity index (χ1n) is 8.18. The Balaban J connectivity index is 1.94. The number of pyridine rings is 1. The highest BCUT2D eigenvalue weighted by molar-refractivity contribution is 5.99. The number of benzene rings is 1. The summed E-state index contributed by atoms with van der Waals surface area (Å²) in [6, 6.07) is 0.920. The van der Waals surface area contributed by atoms with Crippen molar-refractivity contribution in [3.05, 3.63) is 62.8 Å². The standard InChI is InChI=1S/C17H15F3N4O4/c1-2-23-7-22-17(28)13-15(26)14(25)10(6-24(13)23)16(27)21-5-9-11(19)3-8(18)4-12(9)20/h3-4,6,26H,2,5,7H2,1H3,(H,21,27)(H,22,28). The van der Waals surface area contributed by atoms with Crippen molar-refractivity contribution in [1.82, 2.24) is 15.3 Å². The number of nitrogens with zero attached hydrogens (tertiary/aromatic N) is 2. The molecule has 28 heavy (non-hydrogen) atoms. The van der Waals surface area contributed by atoms with E-state index in [0.29, 0.717) is 18.7 Å². The van der Waals surface area contributed by atoms with Crippen LogP contribution in [0, 0.1) is 17.5 Å². The van der Waals surface area contributed by atoms with Gasteiger partial charge in [0.15, 0.2) is 11.4 Å². The summed E-state index contributed by atoms with van der Waals surface area (Å²) in [4.78, 5) is 36.6. The summed E-state index contributed by atoms with van der Waals surface area (Å²) < 4.78 is 41.5. The largest absolute Gasteiger partial charge is 0.502 e. The van der Waals surface area contributed by atoms with Gasteiger partial charge in [-0.25, -0.2) is 13.2 Å². The van der Waals surface area contributed by atoms with Gasteiger partial charge in [0.05, 0.1) is 0 Å². The van der Waals surface area contributed by atoms with Gasteiger partial charge in [-0.05, 0) is 6.92 Å². The van der Waals surface area contributed by atoms with Crippen LogP contribution >= 0.6 is 0 Å². The van der Waals surface area contributed by atoms with E-state index in [9.17, 15) is 32.7 Å². The lowest BCUT2D eigenvalue weighted by Gasteiger charge is -2.33. The predicted molar refractivity (Wildman–Crippen MR) is 90.9 cm³/mol. The van der Waals surface area contributed by atoms with Gasteiger partial charge in [0, 0.05) is 37.0 Å². The number of carbonyl (C=O) groups is 2. The molecule has 3 N–H and O–H groups in total. The van der Waals surface area contributed by atoms with E-state index in [1.165, 1.54) is 9.69 Å². The van der Waals surface area contributed by atoms with E-state index in [4.69, 9.17) is 0 Å². The minimum absolute atomic E-state index is 0.0811. The number of amides is 2. The van der Waals surface area contributed by atoms with E-state index in [-0.39, 0.29) is 12.4 Å². The maximum Gasteiger partial charge on any atom is 0.275 e. The van der Waals surface area contributed by atoms with E-state index >= 15 is 0 Å². The van der Waals surface area contributed by atoms with Crippen molar-refractivity contribution in [3.63, 3.8) is 0 Å². The fourth-order valence-electron chi connectivity index (χ4n) is 2.78. The van der Waals surface area contributed by atoms with Crippen molar-refractivity contribution in [2.24, 2.45) is 0 Å². The summed E-state index contributed by atoms with van der Waals surface area (Å²) in [7, 11) is 0. The average Bonchev–Trinajstić information content (AvgIpc) is 2.63. The van der Waals surface area contributed by atoms with Gasteiger partial charge >= 0.3 is 0 Å². The number of carbonyl (C=O) groups excluding carboxylic acids is 2. The van der Waals surface area contributed by atoms with Crippen LogP contribution in [0.15, 0.2) is 23.1 Å². The molecule has 1 aromatic heterocycles. The lowest BCUT2D eigenvalue weighted by molar-refractivity contribution is 0.0909. The molecule has 2 aromatic rings. The Morgan fingerprint density at radius 2 is 1.89 bits per heavy atom. The maximum absolute atomic E-state index is 13.7. The minimum atomic E-state index is -1.20. The zero-order valence-corrected chi connectivity index (χ0v) is 14.6. The van der Waals surface area contributed by atoms with Gasteiger partial charge in [-0.15, -0.1) is 0 Å². The SMILES string of the molecule is CCN1CNC(=O)c2c(O)c(=O)c(C(=O)NCc3c(F)cc(F)cc3F)cn21. The van der Waals surface area contributed by atoms with Crippen LogP contribution in [0.25, 0.3) is 0 Å². The van der Waals surface area contributed by atoms with Gasteiger partial charge in [-0.2, -0.15) is 0 Å². The molecular formula is C17H15F3N4O4. The highest BCUT2D eigenvalue weighted by atomic mass is 19.1. The second-order valence-electron chi connectivity index (χ2n) is 5.93. The van der Waals surface area contributed by atoms with Crippen LogP contribution in [-0.4, -0.2) is 34.8 Å². The fraction of sp³-hybridized carbons (Fsp3) is 0.235. The lowest BCUT2D eigenvalue weighted by Crippen LogP contribution is -2.52. The number of aromatic nitrogens is 1. The predicted octanol–water partition coefficient (Wildman–Crippen LogP) is 0.560. The Labute approximate surface area is 156 Å². The van der Waals surface area contributed by atoms with Crippen LogP contribution in [0.1, 0.15) is 33.3 Å². The first-order valence-corrected chi connectivity index (χ1v) is 8.18. The molecule has 11 heteroatoms. The van der Waals surface area contributed by atoms with Gasteiger partial charge in [-0.1, -0.05) is 0 Å². The summed E-state index contributed by atoms with van der Waals surface area (Å²) in [5.74, 6) is -6.15. The van der Waals surface area contributed by atoms with Crippen molar-refractivity contribution in [2.45, 2.75) is 13.5 Å². The normalized spacial score (nSPS) is 13.1. The smallest absolute Gasteiger partial charge is 0.275 e. The molecule has 1 aliphatic rings. The van der Waals surface area contributed by atoms with E-state index in [2.05, 4.69) is 10.6 Å². The van der Waals surface area contributed by atoms with Crippen molar-refractivity contribution in [2.75, 3.05) is 18.2 Å². The highest BCUT2D eigenvalue weighted by Crippen LogP contribution is 2.18. The number of nitrogens with one attached hydrogen (secondary N) is 2. The van der Waals surface area contributed by atoms with Gasteiger partial charge < -0.3 is 15.7 Å².